The third-order valence-corrected chi connectivity index (χ3v) is 8.47. The molecule has 2 heterocycles. The van der Waals surface area contributed by atoms with Crippen molar-refractivity contribution in [2.75, 3.05) is 0 Å². The number of benzene rings is 1. The van der Waals surface area contributed by atoms with Gasteiger partial charge in [-0.3, -0.25) is 0 Å². The Morgan fingerprint density at radius 3 is 1.39 bits per heavy atom. The van der Waals surface area contributed by atoms with Gasteiger partial charge in [-0.25, -0.2) is 0 Å². The van der Waals surface area contributed by atoms with Crippen LogP contribution >= 0.6 is 0 Å². The van der Waals surface area contributed by atoms with Gasteiger partial charge in [0.2, 0.25) is 0 Å². The standard InChI is InChI=1S/C27H46B2O4/c1-19(2)22-15-13-21(14-16-22)18-20(3)12-17-23(28-30-24(4,5)25(6,7)31-28)29-32-26(8,9)27(10,11)33-29/h13-16,19-20,23H,12,17-18H2,1-11H3. The Hall–Kier alpha value is -0.810. The summed E-state index contributed by atoms with van der Waals surface area (Å²) < 4.78 is 25.9. The summed E-state index contributed by atoms with van der Waals surface area (Å²) >= 11 is 0. The van der Waals surface area contributed by atoms with Crippen LogP contribution in [-0.2, 0) is 25.0 Å². The van der Waals surface area contributed by atoms with Crippen LogP contribution in [0.3, 0.4) is 0 Å². The predicted molar refractivity (Wildman–Crippen MR) is 139 cm³/mol. The Bertz CT molecular complexity index is 733. The molecule has 1 aromatic carbocycles. The van der Waals surface area contributed by atoms with Crippen LogP contribution in [0.25, 0.3) is 0 Å². The average Bonchev–Trinajstić information content (AvgIpc) is 3.01. The molecule has 0 amide bonds. The molecule has 0 bridgehead atoms. The van der Waals surface area contributed by atoms with Gasteiger partial charge in [0.15, 0.2) is 0 Å². The second kappa shape index (κ2) is 9.33. The minimum Gasteiger partial charge on any atom is -0.403 e. The van der Waals surface area contributed by atoms with E-state index in [1.165, 1.54) is 11.1 Å². The highest BCUT2D eigenvalue weighted by atomic mass is 16.7. The van der Waals surface area contributed by atoms with E-state index < -0.39 is 0 Å². The van der Waals surface area contributed by atoms with E-state index in [1.54, 1.807) is 0 Å². The van der Waals surface area contributed by atoms with Crippen LogP contribution in [0.15, 0.2) is 24.3 Å². The summed E-state index contributed by atoms with van der Waals surface area (Å²) in [7, 11) is -0.690. The Morgan fingerprint density at radius 2 is 1.03 bits per heavy atom. The maximum absolute atomic E-state index is 6.48. The summed E-state index contributed by atoms with van der Waals surface area (Å²) in [5.74, 6) is 1.11. The molecule has 2 saturated heterocycles. The van der Waals surface area contributed by atoms with E-state index in [1.807, 2.05) is 0 Å². The molecule has 0 aliphatic carbocycles. The summed E-state index contributed by atoms with van der Waals surface area (Å²) in [5, 5.41) is 0. The molecule has 2 aliphatic rings. The Balaban J connectivity index is 1.71. The van der Waals surface area contributed by atoms with Crippen LogP contribution in [0.2, 0.25) is 5.72 Å². The highest BCUT2D eigenvalue weighted by molar-refractivity contribution is 6.68. The zero-order valence-corrected chi connectivity index (χ0v) is 23.0. The van der Waals surface area contributed by atoms with E-state index in [0.717, 1.165) is 19.3 Å². The van der Waals surface area contributed by atoms with Gasteiger partial charge in [-0.2, -0.15) is 0 Å². The lowest BCUT2D eigenvalue weighted by molar-refractivity contribution is 0.00578. The predicted octanol–water partition coefficient (Wildman–Crippen LogP) is 6.86. The molecular formula is C27H46B2O4. The Morgan fingerprint density at radius 1 is 0.636 bits per heavy atom. The van der Waals surface area contributed by atoms with Gasteiger partial charge in [0, 0.05) is 5.72 Å². The van der Waals surface area contributed by atoms with Gasteiger partial charge in [-0.05, 0) is 84.8 Å². The summed E-state index contributed by atoms with van der Waals surface area (Å²) in [5.41, 5.74) is 1.32. The molecule has 1 unspecified atom stereocenters. The zero-order chi connectivity index (χ0) is 24.8. The van der Waals surface area contributed by atoms with Crippen molar-refractivity contribution in [2.45, 2.75) is 129 Å². The Kier molecular flexibility index (Phi) is 7.58. The molecule has 33 heavy (non-hydrogen) atoms. The van der Waals surface area contributed by atoms with Crippen LogP contribution in [0.5, 0.6) is 0 Å². The maximum atomic E-state index is 6.48. The topological polar surface area (TPSA) is 36.9 Å². The molecule has 0 spiro atoms. The minimum atomic E-state index is -0.372. The largest absolute Gasteiger partial charge is 0.458 e. The first-order valence-electron chi connectivity index (χ1n) is 12.8. The highest BCUT2D eigenvalue weighted by Crippen LogP contribution is 2.47. The molecule has 1 aromatic rings. The van der Waals surface area contributed by atoms with E-state index in [-0.39, 0.29) is 42.4 Å². The lowest BCUT2D eigenvalue weighted by Crippen LogP contribution is -2.41. The molecule has 3 rings (SSSR count). The first-order chi connectivity index (χ1) is 15.0. The van der Waals surface area contributed by atoms with E-state index >= 15 is 0 Å². The van der Waals surface area contributed by atoms with E-state index in [9.17, 15) is 0 Å². The van der Waals surface area contributed by atoms with Crippen molar-refractivity contribution in [3.05, 3.63) is 35.4 Å². The Labute approximate surface area is 203 Å². The monoisotopic (exact) mass is 456 g/mol. The summed E-state index contributed by atoms with van der Waals surface area (Å²) in [6, 6.07) is 9.10. The first kappa shape index (κ1) is 26.8. The van der Waals surface area contributed by atoms with Gasteiger partial charge >= 0.3 is 14.2 Å². The average molecular weight is 456 g/mol. The highest BCUT2D eigenvalue weighted by Gasteiger charge is 2.61. The van der Waals surface area contributed by atoms with Crippen LogP contribution in [0, 0.1) is 5.92 Å². The van der Waals surface area contributed by atoms with Crippen molar-refractivity contribution < 1.29 is 18.6 Å². The van der Waals surface area contributed by atoms with Crippen molar-refractivity contribution in [2.24, 2.45) is 5.92 Å². The fourth-order valence-corrected chi connectivity index (χ4v) is 4.55. The van der Waals surface area contributed by atoms with Crippen LogP contribution < -0.4 is 0 Å². The lowest BCUT2D eigenvalue weighted by Gasteiger charge is -2.32. The minimum absolute atomic E-state index is 0.0119. The smallest absolute Gasteiger partial charge is 0.403 e. The summed E-state index contributed by atoms with van der Waals surface area (Å²) in [6.07, 6.45) is 3.06. The van der Waals surface area contributed by atoms with Crippen LogP contribution in [-0.4, -0.2) is 36.6 Å². The van der Waals surface area contributed by atoms with E-state index in [4.69, 9.17) is 18.6 Å². The van der Waals surface area contributed by atoms with Gasteiger partial charge in [0.25, 0.3) is 0 Å². The molecule has 2 fully saturated rings. The molecule has 0 aromatic heterocycles. The lowest BCUT2D eigenvalue weighted by atomic mass is 9.49. The number of hydrogen-bond donors (Lipinski definition) is 0. The number of hydrogen-bond acceptors (Lipinski definition) is 4. The summed E-state index contributed by atoms with van der Waals surface area (Å²) in [4.78, 5) is 0. The molecule has 184 valence electrons. The molecular weight excluding hydrogens is 410 g/mol. The summed E-state index contributed by atoms with van der Waals surface area (Å²) in [6.45, 7) is 23.7. The molecule has 1 atom stereocenters. The van der Waals surface area contributed by atoms with E-state index in [2.05, 4.69) is 100 Å². The second-order valence-corrected chi connectivity index (χ2v) is 12.7. The van der Waals surface area contributed by atoms with Gasteiger partial charge in [-0.15, -0.1) is 0 Å². The van der Waals surface area contributed by atoms with Gasteiger partial charge in [-0.1, -0.05) is 57.9 Å². The van der Waals surface area contributed by atoms with Crippen LogP contribution in [0.4, 0.5) is 0 Å². The van der Waals surface area contributed by atoms with Crippen LogP contribution in [0.1, 0.15) is 106 Å². The third-order valence-electron chi connectivity index (χ3n) is 8.47. The zero-order valence-electron chi connectivity index (χ0n) is 23.0. The van der Waals surface area contributed by atoms with E-state index in [0.29, 0.717) is 11.8 Å². The van der Waals surface area contributed by atoms with Gasteiger partial charge < -0.3 is 18.6 Å². The third kappa shape index (κ3) is 5.72. The molecule has 0 N–H and O–H groups in total. The van der Waals surface area contributed by atoms with Crippen molar-refractivity contribution in [1.29, 1.82) is 0 Å². The van der Waals surface area contributed by atoms with Crippen molar-refractivity contribution in [3.8, 4) is 0 Å². The van der Waals surface area contributed by atoms with Crippen molar-refractivity contribution >= 4 is 14.2 Å². The molecule has 4 nitrogen and oxygen atoms in total. The second-order valence-electron chi connectivity index (χ2n) is 12.7. The van der Waals surface area contributed by atoms with Gasteiger partial charge in [0.1, 0.15) is 0 Å². The quantitative estimate of drug-likeness (QED) is 0.401. The first-order valence-corrected chi connectivity index (χ1v) is 12.8. The molecule has 2 aliphatic heterocycles. The van der Waals surface area contributed by atoms with Crippen molar-refractivity contribution in [3.63, 3.8) is 0 Å². The molecule has 6 heteroatoms. The molecule has 0 saturated carbocycles. The fraction of sp³-hybridized carbons (Fsp3) is 0.778. The SMILES string of the molecule is CC(CCC(B1OC(C)(C)C(C)(C)O1)B1OC(C)(C)C(C)(C)O1)Cc1ccc(C(C)C)cc1. The maximum Gasteiger partial charge on any atom is 0.458 e. The normalized spacial score (nSPS) is 24.2. The van der Waals surface area contributed by atoms with Crippen molar-refractivity contribution in [1.82, 2.24) is 0 Å². The fourth-order valence-electron chi connectivity index (χ4n) is 4.55. The van der Waals surface area contributed by atoms with Gasteiger partial charge in [0.05, 0.1) is 22.4 Å². The number of rotatable bonds is 8. The molecule has 0 radical (unpaired) electrons.